The van der Waals surface area contributed by atoms with E-state index in [0.29, 0.717) is 0 Å². The number of aliphatic hydroxyl groups is 1. The summed E-state index contributed by atoms with van der Waals surface area (Å²) in [6.07, 6.45) is 0.996. The van der Waals surface area contributed by atoms with E-state index in [9.17, 15) is 14.3 Å². The summed E-state index contributed by atoms with van der Waals surface area (Å²) in [7, 11) is 0. The lowest BCUT2D eigenvalue weighted by Gasteiger charge is -2.26. The highest BCUT2D eigenvalue weighted by Gasteiger charge is 2.26. The Kier molecular flexibility index (Phi) is 4.52. The van der Waals surface area contributed by atoms with Crippen LogP contribution in [0.25, 0.3) is 0 Å². The van der Waals surface area contributed by atoms with Gasteiger partial charge in [-0.1, -0.05) is 26.8 Å². The average molecular weight is 294 g/mol. The van der Waals surface area contributed by atoms with Crippen LogP contribution in [0.5, 0.6) is 0 Å². The van der Waals surface area contributed by atoms with Gasteiger partial charge in [-0.2, -0.15) is 0 Å². The van der Waals surface area contributed by atoms with Crippen molar-refractivity contribution >= 4 is 6.03 Å². The monoisotopic (exact) mass is 294 g/mol. The summed E-state index contributed by atoms with van der Waals surface area (Å²) >= 11 is 0. The van der Waals surface area contributed by atoms with Gasteiger partial charge in [0.05, 0.1) is 12.1 Å². The normalized spacial score (nSPS) is 19.0. The molecule has 0 bridgehead atoms. The Labute approximate surface area is 124 Å². The van der Waals surface area contributed by atoms with E-state index in [1.165, 1.54) is 12.1 Å². The first-order chi connectivity index (χ1) is 9.77. The number of carbonyl (C=O) groups is 1. The molecule has 21 heavy (non-hydrogen) atoms. The number of carbonyl (C=O) groups excluding carboxylic acids is 1. The van der Waals surface area contributed by atoms with Crippen LogP contribution in [0.15, 0.2) is 18.2 Å². The number of nitrogens with one attached hydrogen (secondary N) is 2. The molecule has 2 amide bonds. The van der Waals surface area contributed by atoms with E-state index in [4.69, 9.17) is 0 Å². The fourth-order valence-corrected chi connectivity index (χ4v) is 2.43. The smallest absolute Gasteiger partial charge is 0.315 e. The molecule has 0 radical (unpaired) electrons. The standard InChI is InChI=1S/C16H23FN2O2/c1-16(2,3)14(20)9-18-15(21)19-13-7-5-10-4-6-11(17)8-12(10)13/h4,6,8,13-14,20H,5,7,9H2,1-3H3,(H2,18,19,21). The van der Waals surface area contributed by atoms with Gasteiger partial charge < -0.3 is 15.7 Å². The van der Waals surface area contributed by atoms with Crippen molar-refractivity contribution in [2.45, 2.75) is 45.8 Å². The maximum Gasteiger partial charge on any atom is 0.315 e. The predicted molar refractivity (Wildman–Crippen MR) is 79.5 cm³/mol. The van der Waals surface area contributed by atoms with Crippen molar-refractivity contribution in [1.82, 2.24) is 10.6 Å². The van der Waals surface area contributed by atoms with Gasteiger partial charge in [0.1, 0.15) is 5.82 Å². The first-order valence-electron chi connectivity index (χ1n) is 7.28. The summed E-state index contributed by atoms with van der Waals surface area (Å²) in [5.74, 6) is -0.286. The fourth-order valence-electron chi connectivity index (χ4n) is 2.43. The minimum absolute atomic E-state index is 0.164. The molecule has 1 aromatic carbocycles. The van der Waals surface area contributed by atoms with Crippen LogP contribution in [-0.2, 0) is 6.42 Å². The third-order valence-electron chi connectivity index (χ3n) is 3.95. The maximum absolute atomic E-state index is 13.3. The molecule has 0 aliphatic heterocycles. The van der Waals surface area contributed by atoms with Crippen molar-refractivity contribution < 1.29 is 14.3 Å². The van der Waals surface area contributed by atoms with Crippen LogP contribution < -0.4 is 10.6 Å². The lowest BCUT2D eigenvalue weighted by atomic mass is 9.89. The number of benzene rings is 1. The number of hydrogen-bond donors (Lipinski definition) is 3. The molecule has 0 fully saturated rings. The molecule has 0 saturated carbocycles. The second-order valence-corrected chi connectivity index (χ2v) is 6.67. The van der Waals surface area contributed by atoms with Crippen LogP contribution in [0.1, 0.15) is 44.4 Å². The number of aliphatic hydroxyl groups excluding tert-OH is 1. The van der Waals surface area contributed by atoms with Gasteiger partial charge in [0, 0.05) is 6.54 Å². The van der Waals surface area contributed by atoms with Crippen LogP contribution in [0.2, 0.25) is 0 Å². The highest BCUT2D eigenvalue weighted by molar-refractivity contribution is 5.74. The van der Waals surface area contributed by atoms with Crippen molar-refractivity contribution in [2.24, 2.45) is 5.41 Å². The summed E-state index contributed by atoms with van der Waals surface area (Å²) < 4.78 is 13.3. The highest BCUT2D eigenvalue weighted by Crippen LogP contribution is 2.31. The molecular weight excluding hydrogens is 271 g/mol. The molecule has 0 saturated heterocycles. The maximum atomic E-state index is 13.3. The summed E-state index contributed by atoms with van der Waals surface area (Å²) in [4.78, 5) is 11.9. The van der Waals surface area contributed by atoms with Gasteiger partial charge in [-0.25, -0.2) is 9.18 Å². The number of halogens is 1. The molecule has 116 valence electrons. The van der Waals surface area contributed by atoms with Crippen LogP contribution in [0.3, 0.4) is 0 Å². The van der Waals surface area contributed by atoms with Crippen molar-refractivity contribution in [3.05, 3.63) is 35.1 Å². The molecule has 2 unspecified atom stereocenters. The molecule has 1 aliphatic carbocycles. The molecule has 2 rings (SSSR count). The number of amides is 2. The quantitative estimate of drug-likeness (QED) is 0.802. The van der Waals surface area contributed by atoms with E-state index in [0.717, 1.165) is 24.0 Å². The molecule has 1 aromatic rings. The Balaban J connectivity index is 1.89. The van der Waals surface area contributed by atoms with E-state index in [1.54, 1.807) is 6.07 Å². The zero-order valence-electron chi connectivity index (χ0n) is 12.7. The third kappa shape index (κ3) is 3.94. The van der Waals surface area contributed by atoms with Gasteiger partial charge in [-0.15, -0.1) is 0 Å². The number of hydrogen-bond acceptors (Lipinski definition) is 2. The molecule has 4 nitrogen and oxygen atoms in total. The predicted octanol–water partition coefficient (Wildman–Crippen LogP) is 2.52. The highest BCUT2D eigenvalue weighted by atomic mass is 19.1. The van der Waals surface area contributed by atoms with Gasteiger partial charge in [0.25, 0.3) is 0 Å². The average Bonchev–Trinajstić information content (AvgIpc) is 2.77. The van der Waals surface area contributed by atoms with Crippen LogP contribution in [0, 0.1) is 11.2 Å². The molecule has 0 spiro atoms. The van der Waals surface area contributed by atoms with Gasteiger partial charge >= 0.3 is 6.03 Å². The topological polar surface area (TPSA) is 61.4 Å². The van der Waals surface area contributed by atoms with Crippen molar-refractivity contribution in [2.75, 3.05) is 6.54 Å². The molecule has 0 heterocycles. The van der Waals surface area contributed by atoms with Crippen molar-refractivity contribution in [3.63, 3.8) is 0 Å². The SMILES string of the molecule is CC(C)(C)C(O)CNC(=O)NC1CCc2ccc(F)cc21. The Morgan fingerprint density at radius 3 is 2.86 bits per heavy atom. The van der Waals surface area contributed by atoms with Gasteiger partial charge in [0.2, 0.25) is 0 Å². The fraction of sp³-hybridized carbons (Fsp3) is 0.562. The molecule has 5 heteroatoms. The molecule has 2 atom stereocenters. The molecular formula is C16H23FN2O2. The van der Waals surface area contributed by atoms with E-state index in [2.05, 4.69) is 10.6 Å². The number of urea groups is 1. The molecule has 0 aromatic heterocycles. The van der Waals surface area contributed by atoms with E-state index in [-0.39, 0.29) is 29.8 Å². The Hall–Kier alpha value is -1.62. The molecule has 3 N–H and O–H groups in total. The summed E-state index contributed by atoms with van der Waals surface area (Å²) in [6.45, 7) is 5.92. The minimum Gasteiger partial charge on any atom is -0.391 e. The van der Waals surface area contributed by atoms with E-state index in [1.807, 2.05) is 20.8 Å². The second kappa shape index (κ2) is 6.02. The number of rotatable bonds is 3. The Morgan fingerprint density at radius 1 is 1.48 bits per heavy atom. The lowest BCUT2D eigenvalue weighted by Crippen LogP contribution is -2.44. The van der Waals surface area contributed by atoms with Gasteiger partial charge in [-0.3, -0.25) is 0 Å². The summed E-state index contributed by atoms with van der Waals surface area (Å²) in [6, 6.07) is 4.20. The van der Waals surface area contributed by atoms with Crippen molar-refractivity contribution in [3.8, 4) is 0 Å². The summed E-state index contributed by atoms with van der Waals surface area (Å²) in [5.41, 5.74) is 1.65. The lowest BCUT2D eigenvalue weighted by molar-refractivity contribution is 0.0649. The first kappa shape index (κ1) is 15.8. The number of aryl methyl sites for hydroxylation is 1. The van der Waals surface area contributed by atoms with Gasteiger partial charge in [0.15, 0.2) is 0 Å². The minimum atomic E-state index is -0.614. The summed E-state index contributed by atoms with van der Waals surface area (Å²) in [5, 5.41) is 15.4. The number of fused-ring (bicyclic) bond motifs is 1. The van der Waals surface area contributed by atoms with Crippen LogP contribution in [0.4, 0.5) is 9.18 Å². The van der Waals surface area contributed by atoms with Crippen LogP contribution >= 0.6 is 0 Å². The second-order valence-electron chi connectivity index (χ2n) is 6.67. The van der Waals surface area contributed by atoms with Crippen LogP contribution in [-0.4, -0.2) is 23.8 Å². The van der Waals surface area contributed by atoms with Gasteiger partial charge in [-0.05, 0) is 41.5 Å². The molecule has 1 aliphatic rings. The zero-order valence-corrected chi connectivity index (χ0v) is 12.7. The third-order valence-corrected chi connectivity index (χ3v) is 3.95. The first-order valence-corrected chi connectivity index (χ1v) is 7.28. The largest absolute Gasteiger partial charge is 0.391 e. The van der Waals surface area contributed by atoms with E-state index >= 15 is 0 Å². The Morgan fingerprint density at radius 2 is 2.19 bits per heavy atom. The van der Waals surface area contributed by atoms with E-state index < -0.39 is 6.10 Å². The van der Waals surface area contributed by atoms with Crippen molar-refractivity contribution in [1.29, 1.82) is 0 Å². The zero-order chi connectivity index (χ0) is 15.6. The Bertz CT molecular complexity index is 525.